The Morgan fingerprint density at radius 1 is 0.929 bits per heavy atom. The standard InChI is InChI=1S/C24H29N3O/c1-3-4-5-6-12-17-26(2)27(24(28)20-13-8-7-9-14-20)22-18-21-15-10-11-16-23(21)25-19-22/h7-11,13-16,18-19H,3-6,12,17H2,1-2H3. The first-order valence-corrected chi connectivity index (χ1v) is 10.2. The van der Waals surface area contributed by atoms with Crippen LogP contribution in [0.1, 0.15) is 49.4 Å². The lowest BCUT2D eigenvalue weighted by atomic mass is 10.1. The van der Waals surface area contributed by atoms with Gasteiger partial charge in [-0.3, -0.25) is 9.78 Å². The highest BCUT2D eigenvalue weighted by Crippen LogP contribution is 2.23. The van der Waals surface area contributed by atoms with Crippen LogP contribution in [0.3, 0.4) is 0 Å². The minimum absolute atomic E-state index is 0.0336. The van der Waals surface area contributed by atoms with E-state index in [0.717, 1.165) is 29.6 Å². The van der Waals surface area contributed by atoms with E-state index in [0.29, 0.717) is 5.56 Å². The first-order chi connectivity index (χ1) is 13.7. The van der Waals surface area contributed by atoms with Gasteiger partial charge in [0.1, 0.15) is 0 Å². The molecule has 3 aromatic rings. The number of hydrogen-bond donors (Lipinski definition) is 0. The molecule has 1 amide bonds. The Bertz CT molecular complexity index is 895. The van der Waals surface area contributed by atoms with E-state index in [-0.39, 0.29) is 5.91 Å². The van der Waals surface area contributed by atoms with Gasteiger partial charge in [0.25, 0.3) is 5.91 Å². The normalized spacial score (nSPS) is 11.1. The number of fused-ring (bicyclic) bond motifs is 1. The molecule has 0 atom stereocenters. The highest BCUT2D eigenvalue weighted by molar-refractivity contribution is 6.06. The molecule has 0 bridgehead atoms. The van der Waals surface area contributed by atoms with Crippen LogP contribution >= 0.6 is 0 Å². The zero-order valence-corrected chi connectivity index (χ0v) is 16.8. The number of aromatic nitrogens is 1. The Balaban J connectivity index is 1.85. The van der Waals surface area contributed by atoms with Crippen molar-refractivity contribution >= 4 is 22.5 Å². The fourth-order valence-corrected chi connectivity index (χ4v) is 3.39. The number of unbranched alkanes of at least 4 members (excludes halogenated alkanes) is 4. The minimum Gasteiger partial charge on any atom is -0.267 e. The summed E-state index contributed by atoms with van der Waals surface area (Å²) in [7, 11) is 1.98. The average molecular weight is 376 g/mol. The molecular weight excluding hydrogens is 346 g/mol. The molecule has 4 nitrogen and oxygen atoms in total. The molecule has 0 aliphatic rings. The predicted octanol–water partition coefficient (Wildman–Crippen LogP) is 5.70. The summed E-state index contributed by atoms with van der Waals surface area (Å²) in [6, 6.07) is 19.5. The van der Waals surface area contributed by atoms with Crippen LogP contribution < -0.4 is 5.01 Å². The molecule has 146 valence electrons. The Labute approximate surface area is 167 Å². The Morgan fingerprint density at radius 2 is 1.64 bits per heavy atom. The highest BCUT2D eigenvalue weighted by atomic mass is 16.2. The number of para-hydroxylation sites is 1. The molecule has 0 fully saturated rings. The molecule has 1 aromatic heterocycles. The zero-order valence-electron chi connectivity index (χ0n) is 16.8. The van der Waals surface area contributed by atoms with E-state index >= 15 is 0 Å². The summed E-state index contributed by atoms with van der Waals surface area (Å²) in [4.78, 5) is 17.9. The lowest BCUT2D eigenvalue weighted by Gasteiger charge is -2.32. The second kappa shape index (κ2) is 10.00. The number of carbonyl (C=O) groups excluding carboxylic acids is 1. The zero-order chi connectivity index (χ0) is 19.8. The molecule has 0 spiro atoms. The summed E-state index contributed by atoms with van der Waals surface area (Å²) in [6.07, 6.45) is 7.78. The van der Waals surface area contributed by atoms with Crippen molar-refractivity contribution in [3.05, 3.63) is 72.4 Å². The maximum Gasteiger partial charge on any atom is 0.272 e. The molecule has 3 rings (SSSR count). The maximum absolute atomic E-state index is 13.3. The van der Waals surface area contributed by atoms with Crippen molar-refractivity contribution in [2.75, 3.05) is 18.6 Å². The van der Waals surface area contributed by atoms with E-state index in [1.54, 1.807) is 11.2 Å². The van der Waals surface area contributed by atoms with Gasteiger partial charge in [0, 0.05) is 24.5 Å². The topological polar surface area (TPSA) is 36.4 Å². The molecular formula is C24H29N3O. The van der Waals surface area contributed by atoms with Crippen LogP contribution in [0.2, 0.25) is 0 Å². The van der Waals surface area contributed by atoms with E-state index in [4.69, 9.17) is 0 Å². The lowest BCUT2D eigenvalue weighted by molar-refractivity contribution is 0.0913. The quantitative estimate of drug-likeness (QED) is 0.356. The monoisotopic (exact) mass is 375 g/mol. The van der Waals surface area contributed by atoms with Crippen molar-refractivity contribution in [1.29, 1.82) is 0 Å². The first kappa shape index (κ1) is 20.0. The van der Waals surface area contributed by atoms with Crippen LogP contribution in [0.15, 0.2) is 66.9 Å². The van der Waals surface area contributed by atoms with Gasteiger partial charge in [-0.2, -0.15) is 0 Å². The predicted molar refractivity (Wildman–Crippen MR) is 116 cm³/mol. The number of anilines is 1. The van der Waals surface area contributed by atoms with Crippen LogP contribution in [0, 0.1) is 0 Å². The number of amides is 1. The fraction of sp³-hybridized carbons (Fsp3) is 0.333. The molecule has 28 heavy (non-hydrogen) atoms. The van der Waals surface area contributed by atoms with Crippen molar-refractivity contribution in [3.8, 4) is 0 Å². The van der Waals surface area contributed by atoms with Gasteiger partial charge in [0.2, 0.25) is 0 Å². The van der Waals surface area contributed by atoms with E-state index in [2.05, 4.69) is 11.9 Å². The van der Waals surface area contributed by atoms with Crippen molar-refractivity contribution in [2.24, 2.45) is 0 Å². The SMILES string of the molecule is CCCCCCCN(C)N(C(=O)c1ccccc1)c1cnc2ccccc2c1. The van der Waals surface area contributed by atoms with Crippen molar-refractivity contribution in [1.82, 2.24) is 9.99 Å². The Hall–Kier alpha value is -2.72. The molecule has 0 radical (unpaired) electrons. The third-order valence-corrected chi connectivity index (χ3v) is 4.96. The van der Waals surface area contributed by atoms with Gasteiger partial charge in [-0.15, -0.1) is 0 Å². The van der Waals surface area contributed by atoms with Crippen LogP contribution in [-0.2, 0) is 0 Å². The summed E-state index contributed by atoms with van der Waals surface area (Å²) in [5.74, 6) is -0.0336. The van der Waals surface area contributed by atoms with E-state index in [1.165, 1.54) is 25.7 Å². The van der Waals surface area contributed by atoms with Gasteiger partial charge in [-0.05, 0) is 30.7 Å². The molecule has 0 aliphatic carbocycles. The van der Waals surface area contributed by atoms with Gasteiger partial charge in [-0.25, -0.2) is 10.0 Å². The third kappa shape index (κ3) is 4.96. The van der Waals surface area contributed by atoms with Crippen LogP contribution in [0.4, 0.5) is 5.69 Å². The third-order valence-electron chi connectivity index (χ3n) is 4.96. The van der Waals surface area contributed by atoms with Crippen molar-refractivity contribution in [3.63, 3.8) is 0 Å². The summed E-state index contributed by atoms with van der Waals surface area (Å²) in [5.41, 5.74) is 2.40. The number of hydrogen-bond acceptors (Lipinski definition) is 3. The van der Waals surface area contributed by atoms with Crippen molar-refractivity contribution in [2.45, 2.75) is 39.0 Å². The number of nitrogens with zero attached hydrogens (tertiary/aromatic N) is 3. The summed E-state index contributed by atoms with van der Waals surface area (Å²) in [6.45, 7) is 3.05. The summed E-state index contributed by atoms with van der Waals surface area (Å²) < 4.78 is 0. The molecule has 0 N–H and O–H groups in total. The van der Waals surface area contributed by atoms with Crippen LogP contribution in [0.5, 0.6) is 0 Å². The lowest BCUT2D eigenvalue weighted by Crippen LogP contribution is -2.45. The molecule has 0 aliphatic heterocycles. The van der Waals surface area contributed by atoms with Gasteiger partial charge >= 0.3 is 0 Å². The second-order valence-corrected chi connectivity index (χ2v) is 7.16. The number of rotatable bonds is 9. The molecule has 0 unspecified atom stereocenters. The van der Waals surface area contributed by atoms with Crippen LogP contribution in [0.25, 0.3) is 10.9 Å². The fourth-order valence-electron chi connectivity index (χ4n) is 3.39. The second-order valence-electron chi connectivity index (χ2n) is 7.16. The maximum atomic E-state index is 13.3. The summed E-state index contributed by atoms with van der Waals surface area (Å²) in [5, 5.41) is 4.81. The van der Waals surface area contributed by atoms with E-state index in [1.807, 2.05) is 72.7 Å². The van der Waals surface area contributed by atoms with Gasteiger partial charge in [0.05, 0.1) is 17.4 Å². The number of hydrazine groups is 1. The van der Waals surface area contributed by atoms with E-state index < -0.39 is 0 Å². The van der Waals surface area contributed by atoms with E-state index in [9.17, 15) is 4.79 Å². The Morgan fingerprint density at radius 3 is 2.43 bits per heavy atom. The Kier molecular flexibility index (Phi) is 7.15. The number of carbonyl (C=O) groups is 1. The first-order valence-electron chi connectivity index (χ1n) is 10.2. The molecule has 0 saturated carbocycles. The summed E-state index contributed by atoms with van der Waals surface area (Å²) >= 11 is 0. The number of pyridine rings is 1. The largest absolute Gasteiger partial charge is 0.272 e. The molecule has 0 saturated heterocycles. The van der Waals surface area contributed by atoms with Crippen molar-refractivity contribution < 1.29 is 4.79 Å². The van der Waals surface area contributed by atoms with Gasteiger partial charge in [0.15, 0.2) is 0 Å². The molecule has 4 heteroatoms. The molecule has 1 heterocycles. The average Bonchev–Trinajstić information content (AvgIpc) is 2.74. The van der Waals surface area contributed by atoms with Crippen LogP contribution in [-0.4, -0.2) is 29.5 Å². The van der Waals surface area contributed by atoms with Gasteiger partial charge in [-0.1, -0.05) is 69.0 Å². The smallest absolute Gasteiger partial charge is 0.267 e. The number of benzene rings is 2. The minimum atomic E-state index is -0.0336. The highest BCUT2D eigenvalue weighted by Gasteiger charge is 2.22. The van der Waals surface area contributed by atoms with Gasteiger partial charge < -0.3 is 0 Å². The molecule has 2 aromatic carbocycles.